The Labute approximate surface area is 104 Å². The molecule has 0 saturated heterocycles. The van der Waals surface area contributed by atoms with Crippen LogP contribution in [0.25, 0.3) is 11.2 Å². The largest absolute Gasteiger partial charge is 0.479 e. The van der Waals surface area contributed by atoms with Crippen LogP contribution in [0.2, 0.25) is 0 Å². The topological polar surface area (TPSA) is 55.7 Å². The van der Waals surface area contributed by atoms with Crippen LogP contribution in [0.5, 0.6) is 5.88 Å². The number of ether oxygens (including phenoxy) is 1. The van der Waals surface area contributed by atoms with E-state index in [4.69, 9.17) is 17.0 Å². The highest BCUT2D eigenvalue weighted by molar-refractivity contribution is 7.71. The van der Waals surface area contributed by atoms with Crippen LogP contribution in [0.4, 0.5) is 0 Å². The maximum absolute atomic E-state index is 5.36. The first-order valence-corrected chi connectivity index (χ1v) is 5.94. The first kappa shape index (κ1) is 10.7. The van der Waals surface area contributed by atoms with Crippen LogP contribution < -0.4 is 4.74 Å². The van der Waals surface area contributed by atoms with Crippen LogP contribution >= 0.6 is 12.2 Å². The Kier molecular flexibility index (Phi) is 2.07. The summed E-state index contributed by atoms with van der Waals surface area (Å²) in [6, 6.07) is 0.420. The highest BCUT2D eigenvalue weighted by atomic mass is 32.1. The average Bonchev–Trinajstić information content (AvgIpc) is 2.76. The third-order valence-electron chi connectivity index (χ3n) is 3.44. The minimum atomic E-state index is 0.297. The van der Waals surface area contributed by atoms with Crippen molar-refractivity contribution >= 4 is 23.4 Å². The number of hydrogen-bond acceptors (Lipinski definition) is 4. The van der Waals surface area contributed by atoms with Crippen LogP contribution in [-0.2, 0) is 0 Å². The van der Waals surface area contributed by atoms with Crippen molar-refractivity contribution in [1.29, 1.82) is 0 Å². The normalized spacial score (nSPS) is 21.7. The Balaban J connectivity index is 2.26. The van der Waals surface area contributed by atoms with E-state index in [9.17, 15) is 0 Å². The number of nitrogens with one attached hydrogen (secondary N) is 1. The fourth-order valence-electron chi connectivity index (χ4n) is 2.24. The van der Waals surface area contributed by atoms with E-state index in [2.05, 4.69) is 33.4 Å². The molecular weight excluding hydrogens is 236 g/mol. The number of methoxy groups -OCH3 is 1. The average molecular weight is 250 g/mol. The van der Waals surface area contributed by atoms with E-state index in [1.807, 2.05) is 0 Å². The molecule has 1 N–H and O–H groups in total. The summed E-state index contributed by atoms with van der Waals surface area (Å²) >= 11 is 5.36. The van der Waals surface area contributed by atoms with Gasteiger partial charge in [0.15, 0.2) is 10.4 Å². The molecule has 0 aromatic carbocycles. The second kappa shape index (κ2) is 3.29. The molecular formula is C11H14N4OS. The fourth-order valence-corrected chi connectivity index (χ4v) is 2.56. The number of aromatic amines is 1. The second-order valence-corrected chi connectivity index (χ2v) is 5.48. The lowest BCUT2D eigenvalue weighted by Gasteiger charge is -2.05. The lowest BCUT2D eigenvalue weighted by atomic mass is 10.2. The maximum atomic E-state index is 5.36. The zero-order valence-corrected chi connectivity index (χ0v) is 10.8. The van der Waals surface area contributed by atoms with E-state index in [0.717, 1.165) is 17.6 Å². The van der Waals surface area contributed by atoms with Crippen molar-refractivity contribution in [2.75, 3.05) is 7.11 Å². The molecule has 6 heteroatoms. The summed E-state index contributed by atoms with van der Waals surface area (Å²) < 4.78 is 7.97. The van der Waals surface area contributed by atoms with E-state index < -0.39 is 0 Å². The molecule has 1 aliphatic rings. The number of rotatable bonds is 2. The summed E-state index contributed by atoms with van der Waals surface area (Å²) in [5, 5.41) is 0. The Morgan fingerprint density at radius 2 is 2.24 bits per heavy atom. The number of hydrogen-bond donors (Lipinski definition) is 1. The van der Waals surface area contributed by atoms with Crippen LogP contribution in [0.1, 0.15) is 26.3 Å². The molecule has 1 saturated carbocycles. The van der Waals surface area contributed by atoms with Gasteiger partial charge in [-0.1, -0.05) is 13.8 Å². The molecule has 1 atom stereocenters. The third kappa shape index (κ3) is 1.47. The van der Waals surface area contributed by atoms with Gasteiger partial charge in [0.05, 0.1) is 7.11 Å². The first-order valence-electron chi connectivity index (χ1n) is 5.54. The van der Waals surface area contributed by atoms with Gasteiger partial charge in [-0.05, 0) is 24.1 Å². The summed E-state index contributed by atoms with van der Waals surface area (Å²) in [6.45, 7) is 4.47. The molecule has 2 heterocycles. The molecule has 0 spiro atoms. The van der Waals surface area contributed by atoms with Gasteiger partial charge in [-0.25, -0.2) is 4.98 Å². The molecule has 0 bridgehead atoms. The molecule has 0 radical (unpaired) electrons. The van der Waals surface area contributed by atoms with Gasteiger partial charge in [-0.2, -0.15) is 4.98 Å². The van der Waals surface area contributed by atoms with Crippen molar-refractivity contribution in [2.45, 2.75) is 26.3 Å². The highest BCUT2D eigenvalue weighted by Crippen LogP contribution is 2.56. The molecule has 2 aromatic heterocycles. The maximum Gasteiger partial charge on any atom is 0.242 e. The smallest absolute Gasteiger partial charge is 0.242 e. The Bertz CT molecular complexity index is 642. The number of fused-ring (bicyclic) bond motifs is 1. The van der Waals surface area contributed by atoms with Gasteiger partial charge in [0.1, 0.15) is 11.8 Å². The summed E-state index contributed by atoms with van der Waals surface area (Å²) in [7, 11) is 1.59. The highest BCUT2D eigenvalue weighted by Gasteiger charge is 2.48. The van der Waals surface area contributed by atoms with Gasteiger partial charge in [-0.15, -0.1) is 0 Å². The van der Waals surface area contributed by atoms with Gasteiger partial charge in [-0.3, -0.25) is 4.57 Å². The van der Waals surface area contributed by atoms with Crippen molar-refractivity contribution in [3.8, 4) is 5.88 Å². The fraction of sp³-hybridized carbons (Fsp3) is 0.545. The van der Waals surface area contributed by atoms with Crippen LogP contribution in [-0.4, -0.2) is 26.6 Å². The molecule has 1 aliphatic carbocycles. The predicted molar refractivity (Wildman–Crippen MR) is 66.7 cm³/mol. The quantitative estimate of drug-likeness (QED) is 0.832. The van der Waals surface area contributed by atoms with E-state index in [0.29, 0.717) is 22.1 Å². The van der Waals surface area contributed by atoms with Crippen molar-refractivity contribution in [2.24, 2.45) is 5.41 Å². The summed E-state index contributed by atoms with van der Waals surface area (Å²) in [5.41, 5.74) is 1.91. The second-order valence-electron chi connectivity index (χ2n) is 5.09. The molecule has 90 valence electrons. The van der Waals surface area contributed by atoms with E-state index in [1.54, 1.807) is 7.11 Å². The van der Waals surface area contributed by atoms with Crippen LogP contribution in [0, 0.1) is 10.2 Å². The number of aromatic nitrogens is 4. The van der Waals surface area contributed by atoms with E-state index in [1.165, 1.54) is 6.33 Å². The summed E-state index contributed by atoms with van der Waals surface area (Å²) in [5.74, 6) is 0.540. The van der Waals surface area contributed by atoms with Gasteiger partial charge in [0, 0.05) is 6.04 Å². The van der Waals surface area contributed by atoms with Gasteiger partial charge in [0.25, 0.3) is 0 Å². The first-order chi connectivity index (χ1) is 8.04. The lowest BCUT2D eigenvalue weighted by Crippen LogP contribution is -2.01. The van der Waals surface area contributed by atoms with Crippen molar-refractivity contribution in [1.82, 2.24) is 19.5 Å². The molecule has 3 rings (SSSR count). The van der Waals surface area contributed by atoms with Gasteiger partial charge < -0.3 is 9.72 Å². The van der Waals surface area contributed by atoms with E-state index in [-0.39, 0.29) is 0 Å². The number of nitrogens with zero attached hydrogens (tertiary/aromatic N) is 3. The lowest BCUT2D eigenvalue weighted by molar-refractivity contribution is 0.401. The Morgan fingerprint density at radius 1 is 1.53 bits per heavy atom. The van der Waals surface area contributed by atoms with E-state index >= 15 is 0 Å². The van der Waals surface area contributed by atoms with Gasteiger partial charge >= 0.3 is 0 Å². The molecule has 1 unspecified atom stereocenters. The molecule has 2 aromatic rings. The minimum absolute atomic E-state index is 0.297. The van der Waals surface area contributed by atoms with Gasteiger partial charge in [0.2, 0.25) is 5.88 Å². The molecule has 5 nitrogen and oxygen atoms in total. The van der Waals surface area contributed by atoms with Crippen molar-refractivity contribution in [3.63, 3.8) is 0 Å². The Morgan fingerprint density at radius 3 is 2.82 bits per heavy atom. The third-order valence-corrected chi connectivity index (χ3v) is 3.74. The summed E-state index contributed by atoms with van der Waals surface area (Å²) in [6.07, 6.45) is 2.64. The molecule has 0 amide bonds. The molecule has 1 fully saturated rings. The predicted octanol–water partition coefficient (Wildman–Crippen LogP) is 2.47. The monoisotopic (exact) mass is 250 g/mol. The SMILES string of the molecule is COc1ncnc2c1[nH]c(=S)n2C1CC1(C)C. The molecule has 0 aliphatic heterocycles. The van der Waals surface area contributed by atoms with Crippen molar-refractivity contribution in [3.05, 3.63) is 11.1 Å². The Hall–Kier alpha value is -1.43. The minimum Gasteiger partial charge on any atom is -0.479 e. The van der Waals surface area contributed by atoms with Crippen molar-refractivity contribution < 1.29 is 4.74 Å². The zero-order chi connectivity index (χ0) is 12.2. The summed E-state index contributed by atoms with van der Waals surface area (Å²) in [4.78, 5) is 11.5. The number of imidazole rings is 1. The van der Waals surface area contributed by atoms with Crippen LogP contribution in [0.3, 0.4) is 0 Å². The molecule has 17 heavy (non-hydrogen) atoms. The standard InChI is InChI=1S/C11H14N4OS/c1-11(2)4-6(11)15-8-7(14-10(15)17)9(16-3)13-5-12-8/h5-6H,4H2,1-3H3,(H,14,17). The number of H-pyrrole nitrogens is 1. The van der Waals surface area contributed by atoms with Crippen LogP contribution in [0.15, 0.2) is 6.33 Å². The zero-order valence-electron chi connectivity index (χ0n) is 10.0.